The maximum absolute atomic E-state index is 5.48. The van der Waals surface area contributed by atoms with Gasteiger partial charge in [0.05, 0.1) is 5.52 Å². The van der Waals surface area contributed by atoms with E-state index in [2.05, 4.69) is 29.1 Å². The van der Waals surface area contributed by atoms with E-state index in [0.717, 1.165) is 17.4 Å². The van der Waals surface area contributed by atoms with Crippen LogP contribution in [0.3, 0.4) is 0 Å². The molecule has 1 aromatic heterocycles. The molecule has 0 aliphatic carbocycles. The number of fused-ring (bicyclic) bond motifs is 1. The molecule has 1 N–H and O–H groups in total. The van der Waals surface area contributed by atoms with E-state index in [1.54, 1.807) is 6.20 Å². The van der Waals surface area contributed by atoms with E-state index in [9.17, 15) is 0 Å². The zero-order chi connectivity index (χ0) is 12.1. The molecular formula is C13H17N3O. The van der Waals surface area contributed by atoms with Gasteiger partial charge in [0.15, 0.2) is 0 Å². The van der Waals surface area contributed by atoms with E-state index in [1.165, 1.54) is 0 Å². The summed E-state index contributed by atoms with van der Waals surface area (Å²) < 4.78 is 5.48. The number of ether oxygens (including phenoxy) is 1. The van der Waals surface area contributed by atoms with Gasteiger partial charge in [0.2, 0.25) is 0 Å². The van der Waals surface area contributed by atoms with Gasteiger partial charge in [-0.1, -0.05) is 32.0 Å². The van der Waals surface area contributed by atoms with Crippen LogP contribution >= 0.6 is 0 Å². The quantitative estimate of drug-likeness (QED) is 0.800. The van der Waals surface area contributed by atoms with Gasteiger partial charge in [0.1, 0.15) is 6.61 Å². The standard InChI is InChI=1S/C13H17N3O/c1-10(2)14-7-8-17-13-15-9-11-5-3-4-6-12(11)16-13/h3-6,9-10,14H,7-8H2,1-2H3. The summed E-state index contributed by atoms with van der Waals surface area (Å²) in [5.74, 6) is 0. The summed E-state index contributed by atoms with van der Waals surface area (Å²) in [5, 5.41) is 4.30. The molecule has 1 heterocycles. The van der Waals surface area contributed by atoms with Crippen molar-refractivity contribution in [3.05, 3.63) is 30.5 Å². The molecule has 0 saturated carbocycles. The second-order valence-electron chi connectivity index (χ2n) is 4.17. The Kier molecular flexibility index (Phi) is 3.88. The number of nitrogens with zero attached hydrogens (tertiary/aromatic N) is 2. The molecule has 0 aliphatic rings. The van der Waals surface area contributed by atoms with Crippen LogP contribution in [-0.2, 0) is 0 Å². The largest absolute Gasteiger partial charge is 0.462 e. The molecule has 0 bridgehead atoms. The third-order valence-corrected chi connectivity index (χ3v) is 2.35. The normalized spacial score (nSPS) is 11.0. The van der Waals surface area contributed by atoms with Crippen molar-refractivity contribution in [1.29, 1.82) is 0 Å². The molecule has 4 nitrogen and oxygen atoms in total. The highest BCUT2D eigenvalue weighted by Crippen LogP contribution is 2.12. The predicted octanol–water partition coefficient (Wildman–Crippen LogP) is 2.01. The van der Waals surface area contributed by atoms with Gasteiger partial charge in [-0.25, -0.2) is 4.98 Å². The van der Waals surface area contributed by atoms with E-state index in [-0.39, 0.29) is 0 Å². The minimum Gasteiger partial charge on any atom is -0.462 e. The second kappa shape index (κ2) is 5.59. The SMILES string of the molecule is CC(C)NCCOc1ncc2ccccc2n1. The first-order valence-electron chi connectivity index (χ1n) is 5.83. The predicted molar refractivity (Wildman–Crippen MR) is 68.2 cm³/mol. The topological polar surface area (TPSA) is 47.0 Å². The van der Waals surface area contributed by atoms with Crippen molar-refractivity contribution in [1.82, 2.24) is 15.3 Å². The first-order chi connectivity index (χ1) is 8.25. The lowest BCUT2D eigenvalue weighted by Gasteiger charge is -2.08. The third kappa shape index (κ3) is 3.39. The van der Waals surface area contributed by atoms with Gasteiger partial charge in [-0.3, -0.25) is 0 Å². The molecule has 0 unspecified atom stereocenters. The lowest BCUT2D eigenvalue weighted by molar-refractivity contribution is 0.287. The number of rotatable bonds is 5. The zero-order valence-corrected chi connectivity index (χ0v) is 10.2. The average Bonchev–Trinajstić information content (AvgIpc) is 2.34. The molecule has 0 fully saturated rings. The van der Waals surface area contributed by atoms with Crippen molar-refractivity contribution < 1.29 is 4.74 Å². The highest BCUT2D eigenvalue weighted by atomic mass is 16.5. The summed E-state index contributed by atoms with van der Waals surface area (Å²) in [4.78, 5) is 8.49. The van der Waals surface area contributed by atoms with Crippen molar-refractivity contribution >= 4 is 10.9 Å². The van der Waals surface area contributed by atoms with Crippen molar-refractivity contribution in [2.45, 2.75) is 19.9 Å². The second-order valence-corrected chi connectivity index (χ2v) is 4.17. The molecule has 0 atom stereocenters. The lowest BCUT2D eigenvalue weighted by Crippen LogP contribution is -2.27. The van der Waals surface area contributed by atoms with E-state index >= 15 is 0 Å². The fourth-order valence-electron chi connectivity index (χ4n) is 1.51. The molecule has 90 valence electrons. The van der Waals surface area contributed by atoms with Gasteiger partial charge in [-0.2, -0.15) is 4.98 Å². The van der Waals surface area contributed by atoms with Crippen LogP contribution in [0.25, 0.3) is 10.9 Å². The fraction of sp³-hybridized carbons (Fsp3) is 0.385. The summed E-state index contributed by atoms with van der Waals surface area (Å²) in [5.41, 5.74) is 0.911. The van der Waals surface area contributed by atoms with Crippen LogP contribution in [0, 0.1) is 0 Å². The fourth-order valence-corrected chi connectivity index (χ4v) is 1.51. The summed E-state index contributed by atoms with van der Waals surface area (Å²) in [6.45, 7) is 5.59. The minimum atomic E-state index is 0.439. The van der Waals surface area contributed by atoms with Crippen LogP contribution in [-0.4, -0.2) is 29.2 Å². The van der Waals surface area contributed by atoms with E-state index in [1.807, 2.05) is 24.3 Å². The Hall–Kier alpha value is -1.68. The van der Waals surface area contributed by atoms with Gasteiger partial charge >= 0.3 is 6.01 Å². The molecule has 0 saturated heterocycles. The van der Waals surface area contributed by atoms with Gasteiger partial charge in [0, 0.05) is 24.2 Å². The highest BCUT2D eigenvalue weighted by Gasteiger charge is 2.00. The molecule has 2 rings (SSSR count). The molecule has 0 spiro atoms. The Labute approximate surface area is 101 Å². The van der Waals surface area contributed by atoms with Crippen LogP contribution in [0.1, 0.15) is 13.8 Å². The first-order valence-corrected chi connectivity index (χ1v) is 5.83. The van der Waals surface area contributed by atoms with Crippen LogP contribution in [0.4, 0.5) is 0 Å². The molecule has 2 aromatic rings. The monoisotopic (exact) mass is 231 g/mol. The lowest BCUT2D eigenvalue weighted by atomic mass is 10.2. The smallest absolute Gasteiger partial charge is 0.316 e. The summed E-state index contributed by atoms with van der Waals surface area (Å²) in [6, 6.07) is 8.78. The zero-order valence-electron chi connectivity index (χ0n) is 10.2. The highest BCUT2D eigenvalue weighted by molar-refractivity contribution is 5.77. The number of para-hydroxylation sites is 1. The molecule has 0 radical (unpaired) electrons. The Morgan fingerprint density at radius 1 is 1.29 bits per heavy atom. The Morgan fingerprint density at radius 3 is 2.94 bits per heavy atom. The maximum Gasteiger partial charge on any atom is 0.316 e. The van der Waals surface area contributed by atoms with Crippen LogP contribution in [0.15, 0.2) is 30.5 Å². The summed E-state index contributed by atoms with van der Waals surface area (Å²) in [6.07, 6.45) is 1.79. The van der Waals surface area contributed by atoms with Crippen molar-refractivity contribution in [3.63, 3.8) is 0 Å². The van der Waals surface area contributed by atoms with Crippen LogP contribution in [0.5, 0.6) is 6.01 Å². The number of aromatic nitrogens is 2. The minimum absolute atomic E-state index is 0.439. The van der Waals surface area contributed by atoms with Gasteiger partial charge < -0.3 is 10.1 Å². The van der Waals surface area contributed by atoms with Crippen molar-refractivity contribution in [3.8, 4) is 6.01 Å². The molecule has 4 heteroatoms. The van der Waals surface area contributed by atoms with Crippen LogP contribution in [0.2, 0.25) is 0 Å². The molecule has 0 amide bonds. The number of nitrogens with one attached hydrogen (secondary N) is 1. The van der Waals surface area contributed by atoms with E-state index in [0.29, 0.717) is 18.7 Å². The van der Waals surface area contributed by atoms with Crippen molar-refractivity contribution in [2.24, 2.45) is 0 Å². The Bertz CT molecular complexity index is 485. The summed E-state index contributed by atoms with van der Waals surface area (Å²) in [7, 11) is 0. The molecular weight excluding hydrogens is 214 g/mol. The van der Waals surface area contributed by atoms with Crippen LogP contribution < -0.4 is 10.1 Å². The van der Waals surface area contributed by atoms with E-state index < -0.39 is 0 Å². The third-order valence-electron chi connectivity index (χ3n) is 2.35. The van der Waals surface area contributed by atoms with Gasteiger partial charge in [-0.05, 0) is 6.07 Å². The Balaban J connectivity index is 1.95. The van der Waals surface area contributed by atoms with E-state index in [4.69, 9.17) is 4.74 Å². The maximum atomic E-state index is 5.48. The summed E-state index contributed by atoms with van der Waals surface area (Å²) >= 11 is 0. The number of benzene rings is 1. The average molecular weight is 231 g/mol. The molecule has 17 heavy (non-hydrogen) atoms. The molecule has 1 aromatic carbocycles. The first kappa shape index (κ1) is 11.8. The molecule has 0 aliphatic heterocycles. The number of hydrogen-bond donors (Lipinski definition) is 1. The Morgan fingerprint density at radius 2 is 2.12 bits per heavy atom. The van der Waals surface area contributed by atoms with Gasteiger partial charge in [-0.15, -0.1) is 0 Å². The van der Waals surface area contributed by atoms with Gasteiger partial charge in [0.25, 0.3) is 0 Å². The number of hydrogen-bond acceptors (Lipinski definition) is 4. The van der Waals surface area contributed by atoms with Crippen molar-refractivity contribution in [2.75, 3.05) is 13.2 Å².